The molecule has 1 aliphatic heterocycles. The Morgan fingerprint density at radius 3 is 2.15 bits per heavy atom. The van der Waals surface area contributed by atoms with E-state index in [0.29, 0.717) is 24.3 Å². The van der Waals surface area contributed by atoms with Gasteiger partial charge < -0.3 is 4.90 Å². The van der Waals surface area contributed by atoms with Gasteiger partial charge in [0.05, 0.1) is 15.5 Å². The molecule has 7 nitrogen and oxygen atoms in total. The third-order valence-corrected chi connectivity index (χ3v) is 6.91. The van der Waals surface area contributed by atoms with Crippen molar-refractivity contribution in [1.29, 1.82) is 0 Å². The molecule has 0 bridgehead atoms. The molecule has 1 heterocycles. The van der Waals surface area contributed by atoms with Gasteiger partial charge in [-0.15, -0.1) is 0 Å². The lowest BCUT2D eigenvalue weighted by Gasteiger charge is -2.19. The number of benzene rings is 2. The number of amides is 1. The van der Waals surface area contributed by atoms with Crippen LogP contribution in [0.5, 0.6) is 0 Å². The molecule has 0 unspecified atom stereocenters. The Hall–Kier alpha value is -2.39. The lowest BCUT2D eigenvalue weighted by molar-refractivity contribution is -0.117. The Morgan fingerprint density at radius 2 is 1.59 bits per heavy atom. The quantitative estimate of drug-likeness (QED) is 0.818. The molecule has 0 aliphatic carbocycles. The molecule has 3 rings (SSSR count). The molecule has 1 N–H and O–H groups in total. The normalized spacial score (nSPS) is 15.2. The monoisotopic (exact) mass is 408 g/mol. The van der Waals surface area contributed by atoms with Crippen molar-refractivity contribution in [2.75, 3.05) is 22.4 Å². The van der Waals surface area contributed by atoms with Crippen LogP contribution in [0.4, 0.5) is 11.4 Å². The van der Waals surface area contributed by atoms with Crippen molar-refractivity contribution in [3.8, 4) is 0 Å². The van der Waals surface area contributed by atoms with Gasteiger partial charge in [0.15, 0.2) is 9.84 Å². The molecule has 144 valence electrons. The SMILES string of the molecule is Cc1ccc(NS(=O)(=O)c2ccc(S(C)(=O)=O)cc2)cc1N1CCCC1=O. The number of hydrogen-bond acceptors (Lipinski definition) is 5. The maximum atomic E-state index is 12.6. The Morgan fingerprint density at radius 1 is 0.963 bits per heavy atom. The summed E-state index contributed by atoms with van der Waals surface area (Å²) in [6.45, 7) is 2.48. The summed E-state index contributed by atoms with van der Waals surface area (Å²) in [5.41, 5.74) is 1.90. The van der Waals surface area contributed by atoms with Gasteiger partial charge in [0.25, 0.3) is 10.0 Å². The second-order valence-electron chi connectivity index (χ2n) is 6.50. The van der Waals surface area contributed by atoms with Crippen LogP contribution in [-0.2, 0) is 24.7 Å². The molecule has 9 heteroatoms. The lowest BCUT2D eigenvalue weighted by atomic mass is 10.1. The highest BCUT2D eigenvalue weighted by Crippen LogP contribution is 2.29. The highest BCUT2D eigenvalue weighted by molar-refractivity contribution is 7.92. The van der Waals surface area contributed by atoms with Crippen LogP contribution in [0.3, 0.4) is 0 Å². The second kappa shape index (κ2) is 6.97. The number of carbonyl (C=O) groups is 1. The number of anilines is 2. The molecule has 2 aromatic rings. The van der Waals surface area contributed by atoms with Gasteiger partial charge in [0.2, 0.25) is 5.91 Å². The fourth-order valence-electron chi connectivity index (χ4n) is 2.95. The first kappa shape index (κ1) is 19.4. The van der Waals surface area contributed by atoms with Crippen LogP contribution in [0.1, 0.15) is 18.4 Å². The summed E-state index contributed by atoms with van der Waals surface area (Å²) in [7, 11) is -7.29. The van der Waals surface area contributed by atoms with E-state index in [9.17, 15) is 21.6 Å². The summed E-state index contributed by atoms with van der Waals surface area (Å²) in [5, 5.41) is 0. The third-order valence-electron chi connectivity index (χ3n) is 4.39. The Bertz CT molecular complexity index is 1090. The molecule has 0 aromatic heterocycles. The number of carbonyl (C=O) groups excluding carboxylic acids is 1. The minimum atomic E-state index is -3.89. The number of nitrogens with zero attached hydrogens (tertiary/aromatic N) is 1. The lowest BCUT2D eigenvalue weighted by Crippen LogP contribution is -2.24. The van der Waals surface area contributed by atoms with Gasteiger partial charge in [-0.3, -0.25) is 9.52 Å². The van der Waals surface area contributed by atoms with Crippen molar-refractivity contribution in [3.63, 3.8) is 0 Å². The largest absolute Gasteiger partial charge is 0.312 e. The zero-order valence-corrected chi connectivity index (χ0v) is 16.6. The molecule has 0 atom stereocenters. The van der Waals surface area contributed by atoms with E-state index >= 15 is 0 Å². The summed E-state index contributed by atoms with van der Waals surface area (Å²) >= 11 is 0. The average Bonchev–Trinajstić information content (AvgIpc) is 3.01. The van der Waals surface area contributed by atoms with E-state index in [1.54, 1.807) is 23.1 Å². The molecule has 1 aliphatic rings. The fourth-order valence-corrected chi connectivity index (χ4v) is 4.63. The van der Waals surface area contributed by atoms with E-state index in [1.807, 2.05) is 6.92 Å². The van der Waals surface area contributed by atoms with Gasteiger partial charge >= 0.3 is 0 Å². The number of hydrogen-bond donors (Lipinski definition) is 1. The standard InChI is InChI=1S/C18H20N2O5S2/c1-13-5-6-14(12-17(13)20-11-3-4-18(20)21)19-27(24,25)16-9-7-15(8-10-16)26(2,22)23/h5-10,12,19H,3-4,11H2,1-2H3. The van der Waals surface area contributed by atoms with Crippen LogP contribution < -0.4 is 9.62 Å². The van der Waals surface area contributed by atoms with E-state index < -0.39 is 19.9 Å². The molecule has 1 amide bonds. The zero-order chi connectivity index (χ0) is 19.8. The number of sulfone groups is 1. The number of nitrogens with one attached hydrogen (secondary N) is 1. The highest BCUT2D eigenvalue weighted by atomic mass is 32.2. The van der Waals surface area contributed by atoms with Gasteiger partial charge in [-0.1, -0.05) is 6.07 Å². The van der Waals surface area contributed by atoms with Crippen molar-refractivity contribution in [1.82, 2.24) is 0 Å². The van der Waals surface area contributed by atoms with Crippen LogP contribution >= 0.6 is 0 Å². The summed E-state index contributed by atoms with van der Waals surface area (Å²) in [6.07, 6.45) is 2.32. The molecular formula is C18H20N2O5S2. The molecular weight excluding hydrogens is 388 g/mol. The minimum absolute atomic E-state index is 0.0227. The predicted molar refractivity (Wildman–Crippen MR) is 103 cm³/mol. The maximum absolute atomic E-state index is 12.6. The maximum Gasteiger partial charge on any atom is 0.261 e. The van der Waals surface area contributed by atoms with E-state index in [4.69, 9.17) is 0 Å². The molecule has 0 radical (unpaired) electrons. The van der Waals surface area contributed by atoms with Gasteiger partial charge in [0.1, 0.15) is 0 Å². The highest BCUT2D eigenvalue weighted by Gasteiger charge is 2.24. The van der Waals surface area contributed by atoms with Crippen molar-refractivity contribution in [3.05, 3.63) is 48.0 Å². The first-order chi connectivity index (χ1) is 12.6. The topological polar surface area (TPSA) is 101 Å². The molecule has 0 spiro atoms. The fraction of sp³-hybridized carbons (Fsp3) is 0.278. The molecule has 0 saturated carbocycles. The van der Waals surface area contributed by atoms with Crippen LogP contribution in [0, 0.1) is 6.92 Å². The number of aryl methyl sites for hydroxylation is 1. The molecule has 1 saturated heterocycles. The van der Waals surface area contributed by atoms with E-state index in [2.05, 4.69) is 4.72 Å². The first-order valence-electron chi connectivity index (χ1n) is 8.32. The Balaban J connectivity index is 1.89. The second-order valence-corrected chi connectivity index (χ2v) is 10.2. The number of rotatable bonds is 5. The Labute approximate surface area is 159 Å². The summed E-state index contributed by atoms with van der Waals surface area (Å²) < 4.78 is 50.7. The number of sulfonamides is 1. The summed E-state index contributed by atoms with van der Waals surface area (Å²) in [5.74, 6) is 0.0227. The summed E-state index contributed by atoms with van der Waals surface area (Å²) in [4.78, 5) is 13.7. The zero-order valence-electron chi connectivity index (χ0n) is 15.0. The van der Waals surface area contributed by atoms with Gasteiger partial charge in [0, 0.05) is 24.9 Å². The first-order valence-corrected chi connectivity index (χ1v) is 11.7. The van der Waals surface area contributed by atoms with E-state index in [0.717, 1.165) is 18.2 Å². The van der Waals surface area contributed by atoms with Crippen molar-refractivity contribution in [2.24, 2.45) is 0 Å². The van der Waals surface area contributed by atoms with Crippen molar-refractivity contribution < 1.29 is 21.6 Å². The van der Waals surface area contributed by atoms with E-state index in [1.165, 1.54) is 24.3 Å². The van der Waals surface area contributed by atoms with E-state index in [-0.39, 0.29) is 15.7 Å². The molecule has 2 aromatic carbocycles. The van der Waals surface area contributed by atoms with Crippen LogP contribution in [0.25, 0.3) is 0 Å². The minimum Gasteiger partial charge on any atom is -0.312 e. The third kappa shape index (κ3) is 4.14. The van der Waals surface area contributed by atoms with Crippen LogP contribution in [-0.4, -0.2) is 35.5 Å². The predicted octanol–water partition coefficient (Wildman–Crippen LogP) is 2.33. The van der Waals surface area contributed by atoms with Gasteiger partial charge in [-0.25, -0.2) is 16.8 Å². The smallest absolute Gasteiger partial charge is 0.261 e. The average molecular weight is 409 g/mol. The van der Waals surface area contributed by atoms with Crippen molar-refractivity contribution >= 4 is 37.1 Å². The van der Waals surface area contributed by atoms with Crippen molar-refractivity contribution in [2.45, 2.75) is 29.6 Å². The Kier molecular flexibility index (Phi) is 5.00. The molecule has 27 heavy (non-hydrogen) atoms. The molecule has 1 fully saturated rings. The van der Waals surface area contributed by atoms with Crippen LogP contribution in [0.15, 0.2) is 52.3 Å². The summed E-state index contributed by atoms with van der Waals surface area (Å²) in [6, 6.07) is 10.0. The van der Waals surface area contributed by atoms with Crippen LogP contribution in [0.2, 0.25) is 0 Å². The van der Waals surface area contributed by atoms with Gasteiger partial charge in [-0.2, -0.15) is 0 Å². The van der Waals surface area contributed by atoms with Gasteiger partial charge in [-0.05, 0) is 55.3 Å².